The molecule has 3 rings (SSSR count). The van der Waals surface area contributed by atoms with Crippen LogP contribution in [-0.4, -0.2) is 25.2 Å². The molecule has 6 heteroatoms. The molecule has 0 atom stereocenters. The molecule has 0 aliphatic carbocycles. The molecule has 0 aromatic heterocycles. The number of nitrogens with one attached hydrogen (secondary N) is 1. The molecule has 0 aliphatic heterocycles. The standard InChI is InChI=1S/C22H22N2O3S/c1-18-10-8-9-15-21(18)23-22(25)17-24(16-19-11-4-2-5-12-19)28(26,27)20-13-6-3-7-14-20/h2-15H,16-17H2,1H3,(H,23,25). The predicted molar refractivity (Wildman–Crippen MR) is 110 cm³/mol. The maximum atomic E-state index is 13.1. The van der Waals surface area contributed by atoms with Crippen LogP contribution in [0.15, 0.2) is 89.8 Å². The van der Waals surface area contributed by atoms with Crippen LogP contribution in [-0.2, 0) is 21.4 Å². The van der Waals surface area contributed by atoms with Crippen LogP contribution < -0.4 is 5.32 Å². The topological polar surface area (TPSA) is 66.5 Å². The van der Waals surface area contributed by atoms with E-state index < -0.39 is 10.0 Å². The van der Waals surface area contributed by atoms with E-state index in [1.807, 2.05) is 55.5 Å². The summed E-state index contributed by atoms with van der Waals surface area (Å²) in [6, 6.07) is 24.8. The number of para-hydroxylation sites is 1. The van der Waals surface area contributed by atoms with E-state index in [0.29, 0.717) is 5.69 Å². The Balaban J connectivity index is 1.86. The van der Waals surface area contributed by atoms with Gasteiger partial charge in [0.15, 0.2) is 0 Å². The highest BCUT2D eigenvalue weighted by atomic mass is 32.2. The monoisotopic (exact) mass is 394 g/mol. The van der Waals surface area contributed by atoms with Crippen molar-refractivity contribution in [1.82, 2.24) is 4.31 Å². The first kappa shape index (κ1) is 19.8. The highest BCUT2D eigenvalue weighted by Crippen LogP contribution is 2.19. The van der Waals surface area contributed by atoms with E-state index in [9.17, 15) is 13.2 Å². The normalized spacial score (nSPS) is 11.4. The first-order chi connectivity index (χ1) is 13.5. The van der Waals surface area contributed by atoms with Gasteiger partial charge in [-0.3, -0.25) is 4.79 Å². The number of anilines is 1. The molecule has 28 heavy (non-hydrogen) atoms. The number of carbonyl (C=O) groups is 1. The second-order valence-electron chi connectivity index (χ2n) is 6.43. The minimum Gasteiger partial charge on any atom is -0.325 e. The van der Waals surface area contributed by atoms with Crippen molar-refractivity contribution in [2.24, 2.45) is 0 Å². The molecule has 0 aliphatic rings. The fraction of sp³-hybridized carbons (Fsp3) is 0.136. The summed E-state index contributed by atoms with van der Waals surface area (Å²) in [5, 5.41) is 2.80. The Morgan fingerprint density at radius 2 is 1.43 bits per heavy atom. The van der Waals surface area contributed by atoms with Gasteiger partial charge in [0.1, 0.15) is 0 Å². The van der Waals surface area contributed by atoms with Gasteiger partial charge in [0.2, 0.25) is 15.9 Å². The van der Waals surface area contributed by atoms with Crippen LogP contribution in [0, 0.1) is 6.92 Å². The van der Waals surface area contributed by atoms with E-state index in [1.165, 1.54) is 16.4 Å². The van der Waals surface area contributed by atoms with Crippen molar-refractivity contribution in [1.29, 1.82) is 0 Å². The molecule has 3 aromatic rings. The number of amides is 1. The summed E-state index contributed by atoms with van der Waals surface area (Å²) >= 11 is 0. The number of rotatable bonds is 7. The highest BCUT2D eigenvalue weighted by Gasteiger charge is 2.26. The fourth-order valence-corrected chi connectivity index (χ4v) is 4.22. The molecule has 0 saturated heterocycles. The Bertz CT molecular complexity index is 1040. The first-order valence-electron chi connectivity index (χ1n) is 8.91. The molecular weight excluding hydrogens is 372 g/mol. The Morgan fingerprint density at radius 1 is 0.857 bits per heavy atom. The van der Waals surface area contributed by atoms with Crippen molar-refractivity contribution in [3.63, 3.8) is 0 Å². The van der Waals surface area contributed by atoms with Crippen molar-refractivity contribution in [2.75, 3.05) is 11.9 Å². The van der Waals surface area contributed by atoms with Crippen LogP contribution in [0.25, 0.3) is 0 Å². The number of hydrogen-bond acceptors (Lipinski definition) is 3. The van der Waals surface area contributed by atoms with Crippen LogP contribution in [0.2, 0.25) is 0 Å². The van der Waals surface area contributed by atoms with Gasteiger partial charge in [-0.05, 0) is 36.2 Å². The molecule has 3 aromatic carbocycles. The first-order valence-corrected chi connectivity index (χ1v) is 10.4. The molecular formula is C22H22N2O3S. The molecule has 0 bridgehead atoms. The number of sulfonamides is 1. The second kappa shape index (κ2) is 8.82. The quantitative estimate of drug-likeness (QED) is 0.662. The van der Waals surface area contributed by atoms with Crippen LogP contribution in [0.3, 0.4) is 0 Å². The lowest BCUT2D eigenvalue weighted by Gasteiger charge is -2.22. The predicted octanol–water partition coefficient (Wildman–Crippen LogP) is 3.82. The molecule has 1 N–H and O–H groups in total. The van der Waals surface area contributed by atoms with Gasteiger partial charge < -0.3 is 5.32 Å². The van der Waals surface area contributed by atoms with E-state index in [-0.39, 0.29) is 23.9 Å². The summed E-state index contributed by atoms with van der Waals surface area (Å²) in [5.74, 6) is -0.385. The number of hydrogen-bond donors (Lipinski definition) is 1. The maximum absolute atomic E-state index is 13.1. The van der Waals surface area contributed by atoms with E-state index in [4.69, 9.17) is 0 Å². The average Bonchev–Trinajstić information content (AvgIpc) is 2.71. The number of aryl methyl sites for hydroxylation is 1. The summed E-state index contributed by atoms with van der Waals surface area (Å²) < 4.78 is 27.5. The van der Waals surface area contributed by atoms with Crippen molar-refractivity contribution in [3.8, 4) is 0 Å². The molecule has 0 unspecified atom stereocenters. The average molecular weight is 394 g/mol. The minimum atomic E-state index is -3.82. The zero-order chi connectivity index (χ0) is 20.0. The van der Waals surface area contributed by atoms with Crippen molar-refractivity contribution >= 4 is 21.6 Å². The van der Waals surface area contributed by atoms with Gasteiger partial charge in [-0.25, -0.2) is 8.42 Å². The molecule has 0 fully saturated rings. The Kier molecular flexibility index (Phi) is 6.23. The highest BCUT2D eigenvalue weighted by molar-refractivity contribution is 7.89. The van der Waals surface area contributed by atoms with Gasteiger partial charge in [-0.15, -0.1) is 0 Å². The Morgan fingerprint density at radius 3 is 2.07 bits per heavy atom. The lowest BCUT2D eigenvalue weighted by Crippen LogP contribution is -2.37. The van der Waals surface area contributed by atoms with E-state index >= 15 is 0 Å². The van der Waals surface area contributed by atoms with Gasteiger partial charge in [-0.1, -0.05) is 66.7 Å². The van der Waals surface area contributed by atoms with E-state index in [1.54, 1.807) is 24.3 Å². The number of benzene rings is 3. The molecule has 144 valence electrons. The molecule has 1 amide bonds. The summed E-state index contributed by atoms with van der Waals surface area (Å²) in [5.41, 5.74) is 2.39. The number of nitrogens with zero attached hydrogens (tertiary/aromatic N) is 1. The largest absolute Gasteiger partial charge is 0.325 e. The van der Waals surface area contributed by atoms with Gasteiger partial charge in [0.25, 0.3) is 0 Å². The second-order valence-corrected chi connectivity index (χ2v) is 8.37. The Labute approximate surface area is 165 Å². The number of carbonyl (C=O) groups excluding carboxylic acids is 1. The summed E-state index contributed by atoms with van der Waals surface area (Å²) in [7, 11) is -3.82. The Hall–Kier alpha value is -2.96. The van der Waals surface area contributed by atoms with Crippen LogP contribution in [0.5, 0.6) is 0 Å². The van der Waals surface area contributed by atoms with Crippen LogP contribution in [0.1, 0.15) is 11.1 Å². The minimum absolute atomic E-state index is 0.110. The lowest BCUT2D eigenvalue weighted by molar-refractivity contribution is -0.116. The van der Waals surface area contributed by atoms with Gasteiger partial charge in [-0.2, -0.15) is 4.31 Å². The van der Waals surface area contributed by atoms with Crippen LogP contribution in [0.4, 0.5) is 5.69 Å². The molecule has 0 saturated carbocycles. The molecule has 0 radical (unpaired) electrons. The zero-order valence-electron chi connectivity index (χ0n) is 15.6. The van der Waals surface area contributed by atoms with Crippen LogP contribution >= 0.6 is 0 Å². The summed E-state index contributed by atoms with van der Waals surface area (Å²) in [4.78, 5) is 12.8. The fourth-order valence-electron chi connectivity index (χ4n) is 2.82. The van der Waals surface area contributed by atoms with Crippen molar-refractivity contribution in [3.05, 3.63) is 96.1 Å². The van der Waals surface area contributed by atoms with Crippen molar-refractivity contribution in [2.45, 2.75) is 18.4 Å². The third-order valence-corrected chi connectivity index (χ3v) is 6.13. The molecule has 5 nitrogen and oxygen atoms in total. The SMILES string of the molecule is Cc1ccccc1NC(=O)CN(Cc1ccccc1)S(=O)(=O)c1ccccc1. The van der Waals surface area contributed by atoms with E-state index in [0.717, 1.165) is 11.1 Å². The van der Waals surface area contributed by atoms with Gasteiger partial charge >= 0.3 is 0 Å². The lowest BCUT2D eigenvalue weighted by atomic mass is 10.2. The van der Waals surface area contributed by atoms with Crippen molar-refractivity contribution < 1.29 is 13.2 Å². The molecule has 0 heterocycles. The third-order valence-electron chi connectivity index (χ3n) is 4.32. The van der Waals surface area contributed by atoms with Gasteiger partial charge in [0, 0.05) is 12.2 Å². The van der Waals surface area contributed by atoms with E-state index in [2.05, 4.69) is 5.32 Å². The molecule has 0 spiro atoms. The van der Waals surface area contributed by atoms with Gasteiger partial charge in [0.05, 0.1) is 11.4 Å². The summed E-state index contributed by atoms with van der Waals surface area (Å²) in [6.07, 6.45) is 0. The third kappa shape index (κ3) is 4.85. The smallest absolute Gasteiger partial charge is 0.243 e. The summed E-state index contributed by atoms with van der Waals surface area (Å²) in [6.45, 7) is 1.72. The zero-order valence-corrected chi connectivity index (χ0v) is 16.4. The maximum Gasteiger partial charge on any atom is 0.243 e.